The number of nitrogens with one attached hydrogen (secondary N) is 2. The van der Waals surface area contributed by atoms with E-state index in [9.17, 15) is 9.59 Å². The first kappa shape index (κ1) is 22.8. The van der Waals surface area contributed by atoms with E-state index in [0.717, 1.165) is 27.1 Å². The van der Waals surface area contributed by atoms with E-state index in [2.05, 4.69) is 15.8 Å². The van der Waals surface area contributed by atoms with Crippen LogP contribution in [0.25, 0.3) is 21.5 Å². The van der Waals surface area contributed by atoms with E-state index >= 15 is 0 Å². The molecule has 0 aliphatic rings. The van der Waals surface area contributed by atoms with Gasteiger partial charge in [0.05, 0.1) is 19.4 Å². The van der Waals surface area contributed by atoms with Crippen LogP contribution in [0.5, 0.6) is 11.5 Å². The zero-order valence-electron chi connectivity index (χ0n) is 18.8. The van der Waals surface area contributed by atoms with Crippen molar-refractivity contribution in [3.63, 3.8) is 0 Å². The number of hydrogen-bond acceptors (Lipinski definition) is 5. The average molecular weight is 456 g/mol. The second-order valence-electron chi connectivity index (χ2n) is 7.50. The topological polar surface area (TPSA) is 89.0 Å². The summed E-state index contributed by atoms with van der Waals surface area (Å²) in [6, 6.07) is 25.2. The summed E-state index contributed by atoms with van der Waals surface area (Å²) in [4.78, 5) is 24.2. The van der Waals surface area contributed by atoms with Crippen molar-refractivity contribution in [3.8, 4) is 11.5 Å². The molecule has 0 fully saturated rings. The van der Waals surface area contributed by atoms with Gasteiger partial charge in [-0.25, -0.2) is 5.43 Å². The number of benzene rings is 4. The van der Waals surface area contributed by atoms with Crippen LogP contribution >= 0.6 is 0 Å². The summed E-state index contributed by atoms with van der Waals surface area (Å²) in [6.07, 6.45) is 1.55. The third kappa shape index (κ3) is 5.69. The van der Waals surface area contributed by atoms with Crippen molar-refractivity contribution in [2.75, 3.05) is 19.8 Å². The number of carbonyl (C=O) groups is 2. The Balaban J connectivity index is 1.28. The quantitative estimate of drug-likeness (QED) is 0.295. The zero-order valence-corrected chi connectivity index (χ0v) is 18.8. The van der Waals surface area contributed by atoms with Gasteiger partial charge in [-0.05, 0) is 46.7 Å². The van der Waals surface area contributed by atoms with Crippen LogP contribution in [0.2, 0.25) is 0 Å². The molecule has 2 amide bonds. The summed E-state index contributed by atoms with van der Waals surface area (Å²) >= 11 is 0. The van der Waals surface area contributed by atoms with Crippen molar-refractivity contribution in [1.29, 1.82) is 0 Å². The molecule has 0 aromatic heterocycles. The van der Waals surface area contributed by atoms with E-state index in [1.807, 2.05) is 79.7 Å². The van der Waals surface area contributed by atoms with Gasteiger partial charge in [0.15, 0.2) is 6.61 Å². The lowest BCUT2D eigenvalue weighted by atomic mass is 10.0. The van der Waals surface area contributed by atoms with E-state index < -0.39 is 11.8 Å². The molecular weight excluding hydrogens is 430 g/mol. The summed E-state index contributed by atoms with van der Waals surface area (Å²) in [5, 5.41) is 10.7. The monoisotopic (exact) mass is 455 g/mol. The van der Waals surface area contributed by atoms with Crippen LogP contribution < -0.4 is 20.2 Å². The molecule has 0 aliphatic carbocycles. The maximum absolute atomic E-state index is 12.1. The minimum Gasteiger partial charge on any atom is -0.493 e. The second kappa shape index (κ2) is 11.0. The number of hydrogen-bond donors (Lipinski definition) is 2. The first-order valence-corrected chi connectivity index (χ1v) is 11.0. The molecule has 0 saturated carbocycles. The molecule has 34 heavy (non-hydrogen) atoms. The third-order valence-corrected chi connectivity index (χ3v) is 5.15. The molecule has 172 valence electrons. The number of rotatable bonds is 9. The Kier molecular flexibility index (Phi) is 7.35. The lowest BCUT2D eigenvalue weighted by Gasteiger charge is -2.10. The van der Waals surface area contributed by atoms with Crippen LogP contribution in [0, 0.1) is 0 Å². The number of ether oxygens (including phenoxy) is 2. The van der Waals surface area contributed by atoms with Crippen LogP contribution in [0.1, 0.15) is 12.5 Å². The van der Waals surface area contributed by atoms with Crippen molar-refractivity contribution >= 4 is 39.6 Å². The highest BCUT2D eigenvalue weighted by molar-refractivity contribution is 6.02. The van der Waals surface area contributed by atoms with E-state index in [1.54, 1.807) is 12.3 Å². The highest BCUT2D eigenvalue weighted by Gasteiger charge is 2.08. The first-order valence-electron chi connectivity index (χ1n) is 11.0. The number of amides is 2. The first-order chi connectivity index (χ1) is 16.6. The third-order valence-electron chi connectivity index (χ3n) is 5.15. The molecule has 0 atom stereocenters. The largest absolute Gasteiger partial charge is 0.493 e. The van der Waals surface area contributed by atoms with Gasteiger partial charge in [0.1, 0.15) is 11.5 Å². The Morgan fingerprint density at radius 1 is 0.853 bits per heavy atom. The molecule has 0 aliphatic heterocycles. The molecule has 4 rings (SSSR count). The molecule has 0 radical (unpaired) electrons. The Morgan fingerprint density at radius 2 is 1.59 bits per heavy atom. The minimum atomic E-state index is -0.450. The molecule has 0 bridgehead atoms. The fourth-order valence-electron chi connectivity index (χ4n) is 3.53. The van der Waals surface area contributed by atoms with Crippen molar-refractivity contribution in [1.82, 2.24) is 10.7 Å². The van der Waals surface area contributed by atoms with Gasteiger partial charge in [0, 0.05) is 5.56 Å². The van der Waals surface area contributed by atoms with Gasteiger partial charge in [-0.1, -0.05) is 60.7 Å². The number of fused-ring (bicyclic) bond motifs is 2. The average Bonchev–Trinajstić information content (AvgIpc) is 2.87. The molecule has 7 nitrogen and oxygen atoms in total. The normalized spacial score (nSPS) is 11.0. The molecule has 2 N–H and O–H groups in total. The van der Waals surface area contributed by atoms with E-state index in [0.29, 0.717) is 18.1 Å². The zero-order chi connectivity index (χ0) is 23.8. The van der Waals surface area contributed by atoms with Gasteiger partial charge in [-0.15, -0.1) is 0 Å². The van der Waals surface area contributed by atoms with Crippen LogP contribution in [0.15, 0.2) is 84.0 Å². The Labute approximate surface area is 197 Å². The molecule has 7 heteroatoms. The number of carbonyl (C=O) groups excluding carboxylic acids is 2. The van der Waals surface area contributed by atoms with Gasteiger partial charge < -0.3 is 14.8 Å². The lowest BCUT2D eigenvalue weighted by molar-refractivity contribution is -0.127. The molecule has 0 saturated heterocycles. The maximum atomic E-state index is 12.1. The predicted molar refractivity (Wildman–Crippen MR) is 133 cm³/mol. The Bertz CT molecular complexity index is 1350. The van der Waals surface area contributed by atoms with Gasteiger partial charge in [0.25, 0.3) is 11.8 Å². The predicted octanol–water partition coefficient (Wildman–Crippen LogP) is 4.04. The van der Waals surface area contributed by atoms with E-state index in [1.165, 1.54) is 0 Å². The van der Waals surface area contributed by atoms with Gasteiger partial charge in [0.2, 0.25) is 0 Å². The number of hydrazone groups is 1. The van der Waals surface area contributed by atoms with Crippen molar-refractivity contribution in [2.45, 2.75) is 6.92 Å². The van der Waals surface area contributed by atoms with Crippen LogP contribution in [0.3, 0.4) is 0 Å². The van der Waals surface area contributed by atoms with Gasteiger partial charge in [-0.2, -0.15) is 5.10 Å². The summed E-state index contributed by atoms with van der Waals surface area (Å²) < 4.78 is 11.2. The lowest BCUT2D eigenvalue weighted by Crippen LogP contribution is -2.37. The maximum Gasteiger partial charge on any atom is 0.259 e. The fourth-order valence-corrected chi connectivity index (χ4v) is 3.53. The molecule has 4 aromatic carbocycles. The molecule has 4 aromatic rings. The summed E-state index contributed by atoms with van der Waals surface area (Å²) in [5.74, 6) is 0.412. The second-order valence-corrected chi connectivity index (χ2v) is 7.50. The van der Waals surface area contributed by atoms with Crippen molar-refractivity contribution in [2.24, 2.45) is 5.10 Å². The SMILES string of the molecule is CCOc1ccc2ccccc2c1C=NNC(=O)CNC(=O)COc1ccc2ccccc2c1. The van der Waals surface area contributed by atoms with Crippen molar-refractivity contribution < 1.29 is 19.1 Å². The fraction of sp³-hybridized carbons (Fsp3) is 0.148. The highest BCUT2D eigenvalue weighted by atomic mass is 16.5. The Morgan fingerprint density at radius 3 is 2.41 bits per heavy atom. The molecular formula is C27H25N3O4. The Hall–Kier alpha value is -4.39. The highest BCUT2D eigenvalue weighted by Crippen LogP contribution is 2.26. The van der Waals surface area contributed by atoms with Crippen LogP contribution in [0.4, 0.5) is 0 Å². The summed E-state index contributed by atoms with van der Waals surface area (Å²) in [5.41, 5.74) is 3.21. The molecule has 0 heterocycles. The van der Waals surface area contributed by atoms with E-state index in [4.69, 9.17) is 9.47 Å². The van der Waals surface area contributed by atoms with Crippen LogP contribution in [-0.2, 0) is 9.59 Å². The van der Waals surface area contributed by atoms with Gasteiger partial charge >= 0.3 is 0 Å². The molecule has 0 spiro atoms. The number of nitrogens with zero attached hydrogens (tertiary/aromatic N) is 1. The summed E-state index contributed by atoms with van der Waals surface area (Å²) in [6.45, 7) is 2.01. The smallest absolute Gasteiger partial charge is 0.259 e. The van der Waals surface area contributed by atoms with Gasteiger partial charge in [-0.3, -0.25) is 9.59 Å². The standard InChI is InChI=1S/C27H25N3O4/c1-2-33-25-14-12-20-8-5-6-10-23(20)24(25)16-29-30-26(31)17-28-27(32)18-34-22-13-11-19-7-3-4-9-21(19)15-22/h3-16H,2,17-18H2,1H3,(H,28,32)(H,30,31). The summed E-state index contributed by atoms with van der Waals surface area (Å²) in [7, 11) is 0. The van der Waals surface area contributed by atoms with Crippen LogP contribution in [-0.4, -0.2) is 37.8 Å². The minimum absolute atomic E-state index is 0.192. The van der Waals surface area contributed by atoms with Crippen molar-refractivity contribution in [3.05, 3.63) is 84.4 Å². The van der Waals surface area contributed by atoms with E-state index in [-0.39, 0.29) is 13.2 Å². The molecule has 0 unspecified atom stereocenters.